The lowest BCUT2D eigenvalue weighted by molar-refractivity contribution is 0.326. The molecule has 0 N–H and O–H groups in total. The molecule has 0 fully saturated rings. The van der Waals surface area contributed by atoms with E-state index in [0.717, 1.165) is 5.75 Å². The highest BCUT2D eigenvalue weighted by Crippen LogP contribution is 2.21. The summed E-state index contributed by atoms with van der Waals surface area (Å²) < 4.78 is 0. The predicted molar refractivity (Wildman–Crippen MR) is 66.2 cm³/mol. The smallest absolute Gasteiger partial charge is 0.0430 e. The van der Waals surface area contributed by atoms with Gasteiger partial charge in [-0.3, -0.25) is 0 Å². The molecule has 78 valence electrons. The van der Waals surface area contributed by atoms with Crippen molar-refractivity contribution in [2.24, 2.45) is 0 Å². The van der Waals surface area contributed by atoms with Gasteiger partial charge in [0.25, 0.3) is 0 Å². The van der Waals surface area contributed by atoms with E-state index >= 15 is 0 Å². The Kier molecular flexibility index (Phi) is 4.02. The maximum Gasteiger partial charge on any atom is 0.0430 e. The second-order valence-corrected chi connectivity index (χ2v) is 4.37. The van der Waals surface area contributed by atoms with E-state index in [1.54, 1.807) is 0 Å². The monoisotopic (exact) mass is 209 g/mol. The topological polar surface area (TPSA) is 3.24 Å². The summed E-state index contributed by atoms with van der Waals surface area (Å²) >= 11 is 4.38. The number of hydrogen-bond acceptors (Lipinski definition) is 2. The summed E-state index contributed by atoms with van der Waals surface area (Å²) in [6, 6.07) is 7.06. The summed E-state index contributed by atoms with van der Waals surface area (Å²) in [5.41, 5.74) is 4.06. The third kappa shape index (κ3) is 2.52. The van der Waals surface area contributed by atoms with Crippen LogP contribution in [0.2, 0.25) is 0 Å². The molecule has 0 aliphatic carbocycles. The number of aryl methyl sites for hydroxylation is 2. The minimum absolute atomic E-state index is 0.414. The van der Waals surface area contributed by atoms with Gasteiger partial charge in [-0.15, -0.1) is 0 Å². The van der Waals surface area contributed by atoms with E-state index in [1.165, 1.54) is 16.7 Å². The van der Waals surface area contributed by atoms with Crippen molar-refractivity contribution in [1.82, 2.24) is 4.90 Å². The Balaban J connectivity index is 3.00. The molecule has 1 rings (SSSR count). The molecule has 0 saturated carbocycles. The number of hydrogen-bond donors (Lipinski definition) is 1. The van der Waals surface area contributed by atoms with Crippen molar-refractivity contribution in [2.45, 2.75) is 19.9 Å². The zero-order valence-electron chi connectivity index (χ0n) is 9.41. The lowest BCUT2D eigenvalue weighted by Gasteiger charge is -2.23. The fourth-order valence-electron chi connectivity index (χ4n) is 1.54. The third-order valence-electron chi connectivity index (χ3n) is 2.71. The molecule has 0 radical (unpaired) electrons. The molecule has 0 saturated heterocycles. The van der Waals surface area contributed by atoms with Gasteiger partial charge in [0.15, 0.2) is 0 Å². The fourth-order valence-corrected chi connectivity index (χ4v) is 2.08. The first kappa shape index (κ1) is 11.6. The van der Waals surface area contributed by atoms with Gasteiger partial charge in [-0.2, -0.15) is 12.6 Å². The normalized spacial score (nSPS) is 13.3. The lowest BCUT2D eigenvalue weighted by atomic mass is 10.0. The van der Waals surface area contributed by atoms with Crippen molar-refractivity contribution < 1.29 is 0 Å². The molecule has 0 heterocycles. The Hall–Kier alpha value is -0.470. The highest BCUT2D eigenvalue weighted by molar-refractivity contribution is 7.80. The van der Waals surface area contributed by atoms with Crippen LogP contribution in [0, 0.1) is 13.8 Å². The van der Waals surface area contributed by atoms with Gasteiger partial charge in [0.2, 0.25) is 0 Å². The summed E-state index contributed by atoms with van der Waals surface area (Å²) in [7, 11) is 4.19. The summed E-state index contributed by atoms with van der Waals surface area (Å²) in [4.78, 5) is 2.21. The van der Waals surface area contributed by atoms with Gasteiger partial charge in [0, 0.05) is 11.8 Å². The van der Waals surface area contributed by atoms with E-state index in [-0.39, 0.29) is 0 Å². The minimum atomic E-state index is 0.414. The second kappa shape index (κ2) is 4.85. The van der Waals surface area contributed by atoms with Crippen molar-refractivity contribution in [3.8, 4) is 0 Å². The predicted octanol–water partition coefficient (Wildman–Crippen LogP) is 2.84. The van der Waals surface area contributed by atoms with Crippen LogP contribution in [0.15, 0.2) is 18.2 Å². The first-order chi connectivity index (χ1) is 6.56. The quantitative estimate of drug-likeness (QED) is 0.749. The lowest BCUT2D eigenvalue weighted by Crippen LogP contribution is -2.21. The van der Waals surface area contributed by atoms with Crippen LogP contribution in [-0.4, -0.2) is 24.7 Å². The van der Waals surface area contributed by atoms with Crippen molar-refractivity contribution in [2.75, 3.05) is 19.8 Å². The van der Waals surface area contributed by atoms with Gasteiger partial charge >= 0.3 is 0 Å². The molecule has 1 aromatic rings. The van der Waals surface area contributed by atoms with Gasteiger partial charge < -0.3 is 4.90 Å². The first-order valence-electron chi connectivity index (χ1n) is 4.90. The third-order valence-corrected chi connectivity index (χ3v) is 3.06. The fraction of sp³-hybridized carbons (Fsp3) is 0.500. The zero-order chi connectivity index (χ0) is 10.7. The van der Waals surface area contributed by atoms with E-state index in [0.29, 0.717) is 6.04 Å². The van der Waals surface area contributed by atoms with Crippen LogP contribution in [0.1, 0.15) is 22.7 Å². The van der Waals surface area contributed by atoms with Gasteiger partial charge in [-0.25, -0.2) is 0 Å². The summed E-state index contributed by atoms with van der Waals surface area (Å²) in [6.45, 7) is 4.30. The Morgan fingerprint density at radius 1 is 1.21 bits per heavy atom. The number of benzene rings is 1. The zero-order valence-corrected chi connectivity index (χ0v) is 10.3. The van der Waals surface area contributed by atoms with Gasteiger partial charge in [-0.1, -0.05) is 18.2 Å². The van der Waals surface area contributed by atoms with Gasteiger partial charge in [0.05, 0.1) is 0 Å². The van der Waals surface area contributed by atoms with Crippen LogP contribution in [0.4, 0.5) is 0 Å². The molecule has 1 aromatic carbocycles. The molecule has 0 spiro atoms. The van der Waals surface area contributed by atoms with Gasteiger partial charge in [-0.05, 0) is 44.6 Å². The Labute approximate surface area is 92.5 Å². The SMILES string of the molecule is Cc1ccc(C(CS)N(C)C)cc1C. The average molecular weight is 209 g/mol. The van der Waals surface area contributed by atoms with Crippen LogP contribution in [0.5, 0.6) is 0 Å². The van der Waals surface area contributed by atoms with Gasteiger partial charge in [0.1, 0.15) is 0 Å². The standard InChI is InChI=1S/C12H19NS/c1-9-5-6-11(7-10(9)2)12(8-14)13(3)4/h5-7,12,14H,8H2,1-4H3. The Morgan fingerprint density at radius 3 is 2.29 bits per heavy atom. The largest absolute Gasteiger partial charge is 0.302 e. The highest BCUT2D eigenvalue weighted by atomic mass is 32.1. The van der Waals surface area contributed by atoms with Crippen LogP contribution in [0.3, 0.4) is 0 Å². The van der Waals surface area contributed by atoms with E-state index in [2.05, 4.69) is 63.7 Å². The molecular formula is C12H19NS. The second-order valence-electron chi connectivity index (χ2n) is 4.01. The van der Waals surface area contributed by atoms with Crippen molar-refractivity contribution >= 4 is 12.6 Å². The number of thiol groups is 1. The van der Waals surface area contributed by atoms with Crippen LogP contribution >= 0.6 is 12.6 Å². The average Bonchev–Trinajstić information content (AvgIpc) is 2.11. The molecule has 0 aliphatic heterocycles. The summed E-state index contributed by atoms with van der Waals surface area (Å²) in [6.07, 6.45) is 0. The van der Waals surface area contributed by atoms with Crippen molar-refractivity contribution in [3.63, 3.8) is 0 Å². The van der Waals surface area contributed by atoms with Crippen LogP contribution < -0.4 is 0 Å². The molecule has 0 amide bonds. The minimum Gasteiger partial charge on any atom is -0.302 e. The number of nitrogens with zero attached hydrogens (tertiary/aromatic N) is 1. The highest BCUT2D eigenvalue weighted by Gasteiger charge is 2.11. The van der Waals surface area contributed by atoms with Crippen molar-refractivity contribution in [1.29, 1.82) is 0 Å². The van der Waals surface area contributed by atoms with E-state index < -0.39 is 0 Å². The molecule has 2 heteroatoms. The maximum atomic E-state index is 4.38. The molecular weight excluding hydrogens is 190 g/mol. The number of rotatable bonds is 3. The Bertz CT molecular complexity index is 307. The molecule has 1 nitrogen and oxygen atoms in total. The maximum absolute atomic E-state index is 4.38. The van der Waals surface area contributed by atoms with E-state index in [1.807, 2.05) is 0 Å². The van der Waals surface area contributed by atoms with E-state index in [9.17, 15) is 0 Å². The van der Waals surface area contributed by atoms with Crippen LogP contribution in [0.25, 0.3) is 0 Å². The molecule has 0 aliphatic rings. The Morgan fingerprint density at radius 2 is 1.86 bits per heavy atom. The van der Waals surface area contributed by atoms with Crippen molar-refractivity contribution in [3.05, 3.63) is 34.9 Å². The summed E-state index contributed by atoms with van der Waals surface area (Å²) in [5, 5.41) is 0. The molecule has 0 aromatic heterocycles. The molecule has 14 heavy (non-hydrogen) atoms. The molecule has 1 unspecified atom stereocenters. The van der Waals surface area contributed by atoms with Crippen LogP contribution in [-0.2, 0) is 0 Å². The molecule has 1 atom stereocenters. The summed E-state index contributed by atoms with van der Waals surface area (Å²) in [5.74, 6) is 0.857. The van der Waals surface area contributed by atoms with E-state index in [4.69, 9.17) is 0 Å². The first-order valence-corrected chi connectivity index (χ1v) is 5.54. The molecule has 0 bridgehead atoms.